The van der Waals surface area contributed by atoms with E-state index in [1.807, 2.05) is 35.9 Å². The Morgan fingerprint density at radius 3 is 2.61 bits per heavy atom. The van der Waals surface area contributed by atoms with Crippen LogP contribution in [-0.2, 0) is 7.05 Å². The Bertz CT molecular complexity index is 1390. The predicted molar refractivity (Wildman–Crippen MR) is 119 cm³/mol. The molecule has 0 radical (unpaired) electrons. The van der Waals surface area contributed by atoms with Gasteiger partial charge >= 0.3 is 5.69 Å². The van der Waals surface area contributed by atoms with Crippen molar-refractivity contribution in [2.24, 2.45) is 7.05 Å². The molecule has 0 atom stereocenters. The van der Waals surface area contributed by atoms with Crippen LogP contribution in [0.1, 0.15) is 11.4 Å². The number of aryl methyl sites for hydroxylation is 1. The lowest BCUT2D eigenvalue weighted by molar-refractivity contribution is -0.385. The molecule has 152 valence electrons. The zero-order chi connectivity index (χ0) is 22.0. The quantitative estimate of drug-likeness (QED) is 0.220. The number of fused-ring (bicyclic) bond motifs is 1. The first kappa shape index (κ1) is 20.1. The number of rotatable bonds is 5. The molecule has 8 heteroatoms. The fourth-order valence-electron chi connectivity index (χ4n) is 3.20. The second-order valence-electron chi connectivity index (χ2n) is 6.67. The highest BCUT2D eigenvalue weighted by Gasteiger charge is 2.18. The predicted octanol–water partition coefficient (Wildman–Crippen LogP) is 5.99. The molecule has 4 rings (SSSR count). The van der Waals surface area contributed by atoms with Crippen molar-refractivity contribution in [3.8, 4) is 17.6 Å². The molecule has 0 saturated carbocycles. The minimum Gasteiger partial charge on any atom is -0.449 e. The maximum atomic E-state index is 11.6. The molecule has 0 amide bonds. The molecule has 0 bridgehead atoms. The number of nitriles is 1. The maximum Gasteiger partial charge on any atom is 0.312 e. The zero-order valence-electron chi connectivity index (χ0n) is 16.3. The SMILES string of the molecule is Cn1c(C(C#N)=Cc2ccc(Oc3ccccc3Cl)c([N+](=O)[O-])c2)nc2ccccc21. The second-order valence-corrected chi connectivity index (χ2v) is 7.08. The molecule has 0 unspecified atom stereocenters. The minimum absolute atomic E-state index is 0.0523. The molecule has 4 aromatic rings. The van der Waals surface area contributed by atoms with Gasteiger partial charge in [0.05, 0.1) is 26.6 Å². The van der Waals surface area contributed by atoms with Crippen molar-refractivity contribution in [2.45, 2.75) is 0 Å². The van der Waals surface area contributed by atoms with Crippen LogP contribution in [0.2, 0.25) is 5.02 Å². The summed E-state index contributed by atoms with van der Waals surface area (Å²) in [5.74, 6) is 0.840. The highest BCUT2D eigenvalue weighted by atomic mass is 35.5. The van der Waals surface area contributed by atoms with Crippen LogP contribution in [0.4, 0.5) is 5.69 Å². The number of hydrogen-bond acceptors (Lipinski definition) is 5. The third kappa shape index (κ3) is 3.97. The van der Waals surface area contributed by atoms with Gasteiger partial charge in [-0.05, 0) is 42.0 Å². The molecular weight excluding hydrogens is 416 g/mol. The summed E-state index contributed by atoms with van der Waals surface area (Å²) < 4.78 is 7.47. The molecule has 1 heterocycles. The Morgan fingerprint density at radius 1 is 1.16 bits per heavy atom. The highest BCUT2D eigenvalue weighted by molar-refractivity contribution is 6.32. The lowest BCUT2D eigenvalue weighted by Gasteiger charge is -2.08. The lowest BCUT2D eigenvalue weighted by Crippen LogP contribution is -1.97. The Kier molecular flexibility index (Phi) is 5.39. The lowest BCUT2D eigenvalue weighted by atomic mass is 10.1. The summed E-state index contributed by atoms with van der Waals surface area (Å²) in [4.78, 5) is 15.6. The number of benzene rings is 3. The summed E-state index contributed by atoms with van der Waals surface area (Å²) in [7, 11) is 1.82. The second kappa shape index (κ2) is 8.30. The number of para-hydroxylation sites is 3. The van der Waals surface area contributed by atoms with E-state index in [4.69, 9.17) is 16.3 Å². The Morgan fingerprint density at radius 2 is 1.90 bits per heavy atom. The molecule has 1 aromatic heterocycles. The molecule has 0 saturated heterocycles. The Labute approximate surface area is 182 Å². The fraction of sp³-hybridized carbons (Fsp3) is 0.0435. The van der Waals surface area contributed by atoms with Crippen molar-refractivity contribution in [1.29, 1.82) is 5.26 Å². The van der Waals surface area contributed by atoms with Gasteiger partial charge in [-0.25, -0.2) is 4.98 Å². The van der Waals surface area contributed by atoms with Crippen LogP contribution in [0.15, 0.2) is 66.7 Å². The number of hydrogen-bond donors (Lipinski definition) is 0. The molecule has 0 N–H and O–H groups in total. The smallest absolute Gasteiger partial charge is 0.312 e. The van der Waals surface area contributed by atoms with Crippen LogP contribution in [-0.4, -0.2) is 14.5 Å². The van der Waals surface area contributed by atoms with Crippen LogP contribution in [0.5, 0.6) is 11.5 Å². The maximum absolute atomic E-state index is 11.6. The van der Waals surface area contributed by atoms with Gasteiger partial charge in [-0.3, -0.25) is 10.1 Å². The Hall–Kier alpha value is -4.15. The molecule has 3 aromatic carbocycles. The molecule has 0 aliphatic carbocycles. The first-order valence-electron chi connectivity index (χ1n) is 9.22. The fourth-order valence-corrected chi connectivity index (χ4v) is 3.37. The van der Waals surface area contributed by atoms with Crippen LogP contribution in [0, 0.1) is 21.4 Å². The van der Waals surface area contributed by atoms with Gasteiger partial charge in [0.25, 0.3) is 0 Å². The van der Waals surface area contributed by atoms with Crippen molar-refractivity contribution in [3.05, 3.63) is 93.3 Å². The van der Waals surface area contributed by atoms with E-state index in [-0.39, 0.29) is 17.0 Å². The molecule has 7 nitrogen and oxygen atoms in total. The number of imidazole rings is 1. The minimum atomic E-state index is -0.537. The van der Waals surface area contributed by atoms with Crippen LogP contribution in [0.25, 0.3) is 22.7 Å². The van der Waals surface area contributed by atoms with Gasteiger partial charge in [0.15, 0.2) is 5.82 Å². The average Bonchev–Trinajstić information content (AvgIpc) is 3.11. The van der Waals surface area contributed by atoms with Gasteiger partial charge in [0, 0.05) is 13.1 Å². The van der Waals surface area contributed by atoms with Crippen molar-refractivity contribution < 1.29 is 9.66 Å². The van der Waals surface area contributed by atoms with Gasteiger partial charge in [0.1, 0.15) is 11.8 Å². The molecule has 0 aliphatic rings. The molecule has 0 aliphatic heterocycles. The summed E-state index contributed by atoms with van der Waals surface area (Å²) in [6.07, 6.45) is 1.56. The van der Waals surface area contributed by atoms with Gasteiger partial charge in [-0.15, -0.1) is 0 Å². The zero-order valence-corrected chi connectivity index (χ0v) is 17.1. The van der Waals surface area contributed by atoms with E-state index in [0.29, 0.717) is 22.2 Å². The standard InChI is InChI=1S/C23H15ClN4O3/c1-27-19-8-4-3-7-18(19)26-23(27)16(14-25)12-15-10-11-22(20(13-15)28(29)30)31-21-9-5-2-6-17(21)24/h2-13H,1H3. The number of ether oxygens (including phenoxy) is 1. The first-order valence-corrected chi connectivity index (χ1v) is 9.60. The van der Waals surface area contributed by atoms with Gasteiger partial charge < -0.3 is 9.30 Å². The van der Waals surface area contributed by atoms with Crippen molar-refractivity contribution in [1.82, 2.24) is 9.55 Å². The van der Waals surface area contributed by atoms with Gasteiger partial charge in [0.2, 0.25) is 5.75 Å². The summed E-state index contributed by atoms with van der Waals surface area (Å²) in [6.45, 7) is 0. The van der Waals surface area contributed by atoms with E-state index in [0.717, 1.165) is 11.0 Å². The number of nitrogens with zero attached hydrogens (tertiary/aromatic N) is 4. The van der Waals surface area contributed by atoms with E-state index < -0.39 is 4.92 Å². The van der Waals surface area contributed by atoms with Crippen molar-refractivity contribution in [3.63, 3.8) is 0 Å². The van der Waals surface area contributed by atoms with E-state index >= 15 is 0 Å². The van der Waals surface area contributed by atoms with Crippen LogP contribution < -0.4 is 4.74 Å². The van der Waals surface area contributed by atoms with Crippen molar-refractivity contribution in [2.75, 3.05) is 0 Å². The van der Waals surface area contributed by atoms with Crippen molar-refractivity contribution >= 4 is 40.0 Å². The first-order chi connectivity index (χ1) is 15.0. The molecule has 0 spiro atoms. The normalized spacial score (nSPS) is 11.3. The summed E-state index contributed by atoms with van der Waals surface area (Å²) in [5, 5.41) is 21.7. The average molecular weight is 431 g/mol. The Balaban J connectivity index is 1.75. The van der Waals surface area contributed by atoms with E-state index in [9.17, 15) is 15.4 Å². The van der Waals surface area contributed by atoms with Crippen LogP contribution >= 0.6 is 11.6 Å². The highest BCUT2D eigenvalue weighted by Crippen LogP contribution is 2.36. The molecule has 31 heavy (non-hydrogen) atoms. The number of nitro groups is 1. The monoisotopic (exact) mass is 430 g/mol. The number of aromatic nitrogens is 2. The van der Waals surface area contributed by atoms with Gasteiger partial charge in [-0.2, -0.15) is 5.26 Å². The number of allylic oxidation sites excluding steroid dienone is 1. The summed E-state index contributed by atoms with van der Waals surface area (Å²) in [6, 6.07) is 20.9. The van der Waals surface area contributed by atoms with E-state index in [1.54, 1.807) is 36.4 Å². The molecular formula is C23H15ClN4O3. The van der Waals surface area contributed by atoms with Crippen LogP contribution in [0.3, 0.4) is 0 Å². The van der Waals surface area contributed by atoms with E-state index in [2.05, 4.69) is 11.1 Å². The van der Waals surface area contributed by atoms with E-state index in [1.165, 1.54) is 12.1 Å². The summed E-state index contributed by atoms with van der Waals surface area (Å²) >= 11 is 6.09. The number of nitro benzene ring substituents is 1. The largest absolute Gasteiger partial charge is 0.449 e. The third-order valence-electron chi connectivity index (χ3n) is 4.70. The van der Waals surface area contributed by atoms with Gasteiger partial charge in [-0.1, -0.05) is 41.9 Å². The summed E-state index contributed by atoms with van der Waals surface area (Å²) in [5.41, 5.74) is 2.16. The third-order valence-corrected chi connectivity index (χ3v) is 5.01. The topological polar surface area (TPSA) is 94.0 Å². The molecule has 0 fully saturated rings. The number of halogens is 1.